The van der Waals surface area contributed by atoms with Crippen LogP contribution in [0.25, 0.3) is 0 Å². The van der Waals surface area contributed by atoms with E-state index in [0.29, 0.717) is 11.8 Å². The second-order valence-electron chi connectivity index (χ2n) is 8.03. The molecule has 1 saturated carbocycles. The zero-order chi connectivity index (χ0) is 18.2. The highest BCUT2D eigenvalue weighted by Crippen LogP contribution is 2.34. The fourth-order valence-electron chi connectivity index (χ4n) is 4.14. The second kappa shape index (κ2) is 7.36. The highest BCUT2D eigenvalue weighted by molar-refractivity contribution is 7.98. The number of rotatable bonds is 5. The van der Waals surface area contributed by atoms with Gasteiger partial charge in [0.1, 0.15) is 5.82 Å². The van der Waals surface area contributed by atoms with Gasteiger partial charge in [-0.15, -0.1) is 0 Å². The molecule has 0 aromatic carbocycles. The van der Waals surface area contributed by atoms with Crippen LogP contribution in [0.5, 0.6) is 0 Å². The van der Waals surface area contributed by atoms with E-state index in [0.717, 1.165) is 66.9 Å². The molecule has 2 aromatic heterocycles. The number of likely N-dealkylation sites (tertiary alicyclic amines) is 1. The molecular weight excluding hydrogens is 358 g/mol. The lowest BCUT2D eigenvalue weighted by Gasteiger charge is -2.39. The Kier molecular flexibility index (Phi) is 4.73. The van der Waals surface area contributed by atoms with Crippen molar-refractivity contribution in [1.82, 2.24) is 24.6 Å². The van der Waals surface area contributed by atoms with E-state index in [1.54, 1.807) is 10.7 Å². The number of hydrogen-bond donors (Lipinski definition) is 0. The van der Waals surface area contributed by atoms with E-state index in [1.165, 1.54) is 19.3 Å². The fourth-order valence-corrected chi connectivity index (χ4v) is 5.09. The molecule has 5 rings (SSSR count). The monoisotopic (exact) mass is 383 g/mol. The quantitative estimate of drug-likeness (QED) is 0.789. The maximum atomic E-state index is 12.3. The summed E-state index contributed by atoms with van der Waals surface area (Å²) >= 11 is 1.89. The lowest BCUT2D eigenvalue weighted by molar-refractivity contribution is 0.0750. The van der Waals surface area contributed by atoms with Gasteiger partial charge in [0.25, 0.3) is 5.56 Å². The Bertz CT molecular complexity index is 888. The van der Waals surface area contributed by atoms with Crippen LogP contribution in [0.2, 0.25) is 0 Å². The van der Waals surface area contributed by atoms with Crippen LogP contribution in [0, 0.1) is 5.92 Å². The molecule has 2 aliphatic heterocycles. The van der Waals surface area contributed by atoms with Gasteiger partial charge in [0.15, 0.2) is 0 Å². The number of aryl methyl sites for hydroxylation is 1. The van der Waals surface area contributed by atoms with Gasteiger partial charge in [0.2, 0.25) is 0 Å². The van der Waals surface area contributed by atoms with E-state index in [2.05, 4.69) is 15.0 Å². The summed E-state index contributed by atoms with van der Waals surface area (Å²) in [5.74, 6) is 4.14. The summed E-state index contributed by atoms with van der Waals surface area (Å²) in [6.45, 7) is 3.61. The molecule has 0 amide bonds. The number of hydrogen-bond acceptors (Lipinski definition) is 6. The Balaban J connectivity index is 1.18. The minimum atomic E-state index is 0.0515. The molecule has 0 N–H and O–H groups in total. The third-order valence-corrected chi connectivity index (χ3v) is 6.96. The van der Waals surface area contributed by atoms with Crippen LogP contribution >= 0.6 is 11.8 Å². The van der Waals surface area contributed by atoms with Crippen molar-refractivity contribution in [2.24, 2.45) is 5.92 Å². The highest BCUT2D eigenvalue weighted by Gasteiger charge is 2.29. The molecule has 27 heavy (non-hydrogen) atoms. The summed E-state index contributed by atoms with van der Waals surface area (Å²) in [5, 5.41) is 4.64. The van der Waals surface area contributed by atoms with Crippen LogP contribution in [0.3, 0.4) is 0 Å². The zero-order valence-corrected chi connectivity index (χ0v) is 16.3. The van der Waals surface area contributed by atoms with Crippen molar-refractivity contribution >= 4 is 11.8 Å². The van der Waals surface area contributed by atoms with Gasteiger partial charge in [0, 0.05) is 55.9 Å². The molecule has 142 valence electrons. The number of aromatic nitrogens is 4. The fraction of sp³-hybridized carbons (Fsp3) is 0.600. The van der Waals surface area contributed by atoms with E-state index < -0.39 is 0 Å². The summed E-state index contributed by atoms with van der Waals surface area (Å²) in [6, 6.07) is 3.83. The van der Waals surface area contributed by atoms with Crippen LogP contribution in [0.4, 0.5) is 0 Å². The standard InChI is InChI=1S/C20H25N5OS/c26-19-8-16-13-27-7-5-18(16)23-25(19)11-14-9-24(10-14)12-17-4-6-21-20(22-17)15-2-1-3-15/h4,6,8,14-15H,1-3,5,7,9-13H2. The van der Waals surface area contributed by atoms with E-state index in [4.69, 9.17) is 4.98 Å². The number of nitrogens with zero attached hydrogens (tertiary/aromatic N) is 5. The largest absolute Gasteiger partial charge is 0.297 e. The summed E-state index contributed by atoms with van der Waals surface area (Å²) < 4.78 is 1.69. The molecule has 0 bridgehead atoms. The van der Waals surface area contributed by atoms with E-state index in [9.17, 15) is 4.79 Å². The van der Waals surface area contributed by atoms with Crippen LogP contribution in [-0.2, 0) is 25.3 Å². The van der Waals surface area contributed by atoms with Crippen LogP contribution in [0.15, 0.2) is 23.1 Å². The number of thioether (sulfide) groups is 1. The summed E-state index contributed by atoms with van der Waals surface area (Å²) in [4.78, 5) is 24.0. The summed E-state index contributed by atoms with van der Waals surface area (Å²) in [5.41, 5.74) is 3.42. The molecule has 3 aliphatic rings. The Morgan fingerprint density at radius 3 is 2.96 bits per heavy atom. The summed E-state index contributed by atoms with van der Waals surface area (Å²) in [7, 11) is 0. The lowest BCUT2D eigenvalue weighted by Crippen LogP contribution is -2.49. The smallest absolute Gasteiger partial charge is 0.267 e. The molecule has 6 nitrogen and oxygen atoms in total. The van der Waals surface area contributed by atoms with E-state index in [-0.39, 0.29) is 5.56 Å². The van der Waals surface area contributed by atoms with Crippen molar-refractivity contribution in [2.75, 3.05) is 18.8 Å². The first-order valence-corrected chi connectivity index (χ1v) is 11.1. The van der Waals surface area contributed by atoms with Gasteiger partial charge in [-0.05, 0) is 30.2 Å². The van der Waals surface area contributed by atoms with Crippen molar-refractivity contribution in [1.29, 1.82) is 0 Å². The normalized spacial score (nSPS) is 20.7. The average molecular weight is 384 g/mol. The van der Waals surface area contributed by atoms with Crippen molar-refractivity contribution in [3.63, 3.8) is 0 Å². The highest BCUT2D eigenvalue weighted by atomic mass is 32.2. The van der Waals surface area contributed by atoms with Gasteiger partial charge in [-0.25, -0.2) is 14.6 Å². The molecule has 2 fully saturated rings. The maximum Gasteiger partial charge on any atom is 0.267 e. The maximum absolute atomic E-state index is 12.3. The van der Waals surface area contributed by atoms with Crippen LogP contribution < -0.4 is 5.56 Å². The van der Waals surface area contributed by atoms with Crippen molar-refractivity contribution in [3.05, 3.63) is 51.5 Å². The van der Waals surface area contributed by atoms with Gasteiger partial charge in [0.05, 0.1) is 17.9 Å². The molecule has 0 radical (unpaired) electrons. The SMILES string of the molecule is O=c1cc2c(nn1CC1CN(Cc3ccnc(C4CCC4)n3)C1)CCSC2. The first kappa shape index (κ1) is 17.4. The minimum absolute atomic E-state index is 0.0515. The molecule has 0 spiro atoms. The molecule has 1 aliphatic carbocycles. The second-order valence-corrected chi connectivity index (χ2v) is 9.14. The van der Waals surface area contributed by atoms with Gasteiger partial charge in [-0.1, -0.05) is 6.42 Å². The topological polar surface area (TPSA) is 63.9 Å². The van der Waals surface area contributed by atoms with Crippen molar-refractivity contribution in [2.45, 2.75) is 50.4 Å². The predicted molar refractivity (Wildman–Crippen MR) is 106 cm³/mol. The Morgan fingerprint density at radius 2 is 2.15 bits per heavy atom. The molecule has 1 saturated heterocycles. The van der Waals surface area contributed by atoms with Crippen molar-refractivity contribution in [3.8, 4) is 0 Å². The molecule has 7 heteroatoms. The third-order valence-electron chi connectivity index (χ3n) is 5.96. The van der Waals surface area contributed by atoms with E-state index in [1.807, 2.05) is 24.0 Å². The van der Waals surface area contributed by atoms with Gasteiger partial charge >= 0.3 is 0 Å². The number of fused-ring (bicyclic) bond motifs is 1. The van der Waals surface area contributed by atoms with E-state index >= 15 is 0 Å². The molecule has 4 heterocycles. The van der Waals surface area contributed by atoms with Crippen LogP contribution in [0.1, 0.15) is 48.0 Å². The molecule has 0 atom stereocenters. The zero-order valence-electron chi connectivity index (χ0n) is 15.5. The van der Waals surface area contributed by atoms with Crippen LogP contribution in [-0.4, -0.2) is 43.5 Å². The third kappa shape index (κ3) is 3.67. The lowest BCUT2D eigenvalue weighted by atomic mass is 9.85. The summed E-state index contributed by atoms with van der Waals surface area (Å²) in [6.07, 6.45) is 6.66. The van der Waals surface area contributed by atoms with Gasteiger partial charge in [-0.2, -0.15) is 16.9 Å². The molecule has 0 unspecified atom stereocenters. The average Bonchev–Trinajstić information content (AvgIpc) is 2.59. The van der Waals surface area contributed by atoms with Crippen molar-refractivity contribution < 1.29 is 0 Å². The first-order valence-electron chi connectivity index (χ1n) is 9.96. The van der Waals surface area contributed by atoms with Gasteiger partial charge in [-0.3, -0.25) is 9.69 Å². The first-order chi connectivity index (χ1) is 13.2. The minimum Gasteiger partial charge on any atom is -0.297 e. The molecular formula is C20H25N5OS. The Hall–Kier alpha value is -1.73. The molecule has 2 aromatic rings. The Labute approximate surface area is 163 Å². The van der Waals surface area contributed by atoms with Gasteiger partial charge < -0.3 is 0 Å². The predicted octanol–water partition coefficient (Wildman–Crippen LogP) is 2.22. The Morgan fingerprint density at radius 1 is 1.26 bits per heavy atom.